The van der Waals surface area contributed by atoms with Crippen LogP contribution in [0, 0.1) is 0 Å². The second-order valence-electron chi connectivity index (χ2n) is 5.72. The molecule has 1 aliphatic rings. The minimum Gasteiger partial charge on any atom is -0.486 e. The van der Waals surface area contributed by atoms with Gasteiger partial charge in [0.2, 0.25) is 10.0 Å². The SMILES string of the molecule is Cl.Cn1ncnc1COc1ccc(S(=O)(=O)NC2CCCNC2)cc1. The van der Waals surface area contributed by atoms with E-state index in [2.05, 4.69) is 20.1 Å². The van der Waals surface area contributed by atoms with Gasteiger partial charge < -0.3 is 10.1 Å². The van der Waals surface area contributed by atoms with Gasteiger partial charge in [-0.15, -0.1) is 12.4 Å². The molecule has 1 aliphatic heterocycles. The topological polar surface area (TPSA) is 98.1 Å². The molecule has 25 heavy (non-hydrogen) atoms. The number of hydrogen-bond donors (Lipinski definition) is 2. The molecule has 3 rings (SSSR count). The van der Waals surface area contributed by atoms with Crippen molar-refractivity contribution in [1.29, 1.82) is 0 Å². The molecule has 1 aromatic carbocycles. The first-order chi connectivity index (χ1) is 11.5. The van der Waals surface area contributed by atoms with E-state index in [-0.39, 0.29) is 30.0 Å². The van der Waals surface area contributed by atoms with Crippen molar-refractivity contribution in [3.8, 4) is 5.75 Å². The van der Waals surface area contributed by atoms with Crippen LogP contribution >= 0.6 is 12.4 Å². The van der Waals surface area contributed by atoms with E-state index in [0.29, 0.717) is 18.1 Å². The first-order valence-electron chi connectivity index (χ1n) is 7.83. The highest BCUT2D eigenvalue weighted by molar-refractivity contribution is 7.89. The molecule has 0 spiro atoms. The van der Waals surface area contributed by atoms with E-state index in [9.17, 15) is 8.42 Å². The minimum atomic E-state index is -3.51. The second-order valence-corrected chi connectivity index (χ2v) is 7.44. The fourth-order valence-electron chi connectivity index (χ4n) is 2.55. The molecule has 10 heteroatoms. The zero-order valence-electron chi connectivity index (χ0n) is 13.9. The van der Waals surface area contributed by atoms with Crippen LogP contribution in [0.5, 0.6) is 5.75 Å². The predicted octanol–water partition coefficient (Wildman–Crippen LogP) is 0.846. The van der Waals surface area contributed by atoms with Crippen LogP contribution in [-0.2, 0) is 23.7 Å². The number of benzene rings is 1. The molecule has 1 unspecified atom stereocenters. The van der Waals surface area contributed by atoms with E-state index in [1.807, 2.05) is 0 Å². The van der Waals surface area contributed by atoms with E-state index < -0.39 is 10.0 Å². The fourth-order valence-corrected chi connectivity index (χ4v) is 3.82. The monoisotopic (exact) mass is 387 g/mol. The Labute approximate surface area is 153 Å². The number of nitrogens with one attached hydrogen (secondary N) is 2. The quantitative estimate of drug-likeness (QED) is 0.762. The number of aromatic nitrogens is 3. The molecule has 2 heterocycles. The average molecular weight is 388 g/mol. The lowest BCUT2D eigenvalue weighted by molar-refractivity contribution is 0.289. The van der Waals surface area contributed by atoms with Gasteiger partial charge in [-0.1, -0.05) is 0 Å². The van der Waals surface area contributed by atoms with Crippen molar-refractivity contribution in [3.05, 3.63) is 36.4 Å². The standard InChI is InChI=1S/C15H21N5O3S.ClH/c1-20-15(17-11-18-20)10-23-13-4-6-14(7-5-13)24(21,22)19-12-3-2-8-16-9-12;/h4-7,11-12,16,19H,2-3,8-10H2,1H3;1H. The van der Waals surface area contributed by atoms with Crippen LogP contribution in [0.15, 0.2) is 35.5 Å². The third-order valence-corrected chi connectivity index (χ3v) is 5.46. The van der Waals surface area contributed by atoms with E-state index in [1.165, 1.54) is 6.33 Å². The summed E-state index contributed by atoms with van der Waals surface area (Å²) in [6.07, 6.45) is 3.29. The van der Waals surface area contributed by atoms with Crippen molar-refractivity contribution < 1.29 is 13.2 Å². The Bertz CT molecular complexity index is 773. The molecule has 0 aliphatic carbocycles. The number of halogens is 1. The van der Waals surface area contributed by atoms with Crippen LogP contribution in [0.25, 0.3) is 0 Å². The molecule has 1 aromatic heterocycles. The Balaban J connectivity index is 0.00000225. The maximum atomic E-state index is 12.4. The number of nitrogens with zero attached hydrogens (tertiary/aromatic N) is 3. The highest BCUT2D eigenvalue weighted by atomic mass is 35.5. The summed E-state index contributed by atoms with van der Waals surface area (Å²) in [6.45, 7) is 1.88. The first kappa shape index (κ1) is 19.6. The lowest BCUT2D eigenvalue weighted by atomic mass is 10.1. The number of piperidine rings is 1. The molecule has 1 fully saturated rings. The molecular weight excluding hydrogens is 366 g/mol. The Morgan fingerprint density at radius 2 is 2.12 bits per heavy atom. The molecule has 2 aromatic rings. The number of hydrogen-bond acceptors (Lipinski definition) is 6. The Kier molecular flexibility index (Phi) is 6.77. The van der Waals surface area contributed by atoms with Crippen molar-refractivity contribution >= 4 is 22.4 Å². The zero-order valence-corrected chi connectivity index (χ0v) is 15.5. The van der Waals surface area contributed by atoms with Gasteiger partial charge in [0.25, 0.3) is 0 Å². The van der Waals surface area contributed by atoms with Crippen LogP contribution in [-0.4, -0.2) is 42.3 Å². The van der Waals surface area contributed by atoms with Gasteiger partial charge in [0.05, 0.1) is 4.90 Å². The summed E-state index contributed by atoms with van der Waals surface area (Å²) in [7, 11) is -1.73. The lowest BCUT2D eigenvalue weighted by Gasteiger charge is -2.23. The molecule has 0 radical (unpaired) electrons. The van der Waals surface area contributed by atoms with E-state index >= 15 is 0 Å². The second kappa shape index (κ2) is 8.61. The van der Waals surface area contributed by atoms with Gasteiger partial charge in [0.15, 0.2) is 5.82 Å². The summed E-state index contributed by atoms with van der Waals surface area (Å²) < 4.78 is 34.8. The van der Waals surface area contributed by atoms with Gasteiger partial charge in [-0.25, -0.2) is 18.1 Å². The van der Waals surface area contributed by atoms with Gasteiger partial charge in [-0.2, -0.15) is 5.10 Å². The summed E-state index contributed by atoms with van der Waals surface area (Å²) in [5.74, 6) is 1.27. The van der Waals surface area contributed by atoms with Gasteiger partial charge >= 0.3 is 0 Å². The van der Waals surface area contributed by atoms with Gasteiger partial charge in [-0.05, 0) is 43.7 Å². The van der Waals surface area contributed by atoms with Crippen LogP contribution in [0.1, 0.15) is 18.7 Å². The van der Waals surface area contributed by atoms with Crippen molar-refractivity contribution in [3.63, 3.8) is 0 Å². The lowest BCUT2D eigenvalue weighted by Crippen LogP contribution is -2.45. The van der Waals surface area contributed by atoms with E-state index in [1.54, 1.807) is 36.0 Å². The summed E-state index contributed by atoms with van der Waals surface area (Å²) in [4.78, 5) is 4.30. The summed E-state index contributed by atoms with van der Waals surface area (Å²) in [5.41, 5.74) is 0. The van der Waals surface area contributed by atoms with Crippen molar-refractivity contribution in [2.45, 2.75) is 30.4 Å². The Morgan fingerprint density at radius 3 is 2.72 bits per heavy atom. The van der Waals surface area contributed by atoms with Gasteiger partial charge in [0.1, 0.15) is 18.7 Å². The van der Waals surface area contributed by atoms with Gasteiger partial charge in [-0.3, -0.25) is 4.68 Å². The molecule has 0 amide bonds. The van der Waals surface area contributed by atoms with Crippen LogP contribution in [0.3, 0.4) is 0 Å². The normalized spacial score (nSPS) is 17.7. The van der Waals surface area contributed by atoms with Gasteiger partial charge in [0, 0.05) is 19.6 Å². The van der Waals surface area contributed by atoms with Crippen LogP contribution in [0.2, 0.25) is 0 Å². The highest BCUT2D eigenvalue weighted by Crippen LogP contribution is 2.17. The largest absolute Gasteiger partial charge is 0.486 e. The molecule has 8 nitrogen and oxygen atoms in total. The molecule has 1 atom stereocenters. The maximum absolute atomic E-state index is 12.4. The fraction of sp³-hybridized carbons (Fsp3) is 0.467. The zero-order chi connectivity index (χ0) is 17.0. The number of ether oxygens (including phenoxy) is 1. The van der Waals surface area contributed by atoms with Crippen LogP contribution < -0.4 is 14.8 Å². The van der Waals surface area contributed by atoms with Crippen LogP contribution in [0.4, 0.5) is 0 Å². The highest BCUT2D eigenvalue weighted by Gasteiger charge is 2.21. The Morgan fingerprint density at radius 1 is 1.36 bits per heavy atom. The minimum absolute atomic E-state index is 0. The smallest absolute Gasteiger partial charge is 0.240 e. The molecule has 2 N–H and O–H groups in total. The summed E-state index contributed by atoms with van der Waals surface area (Å²) in [6, 6.07) is 6.32. The summed E-state index contributed by atoms with van der Waals surface area (Å²) >= 11 is 0. The molecule has 0 saturated carbocycles. The van der Waals surface area contributed by atoms with Crippen molar-refractivity contribution in [2.75, 3.05) is 13.1 Å². The van der Waals surface area contributed by atoms with E-state index in [0.717, 1.165) is 19.4 Å². The Hall–Kier alpha value is -1.68. The number of sulfonamides is 1. The van der Waals surface area contributed by atoms with Crippen molar-refractivity contribution in [1.82, 2.24) is 24.8 Å². The number of rotatable bonds is 6. The van der Waals surface area contributed by atoms with E-state index in [4.69, 9.17) is 4.74 Å². The maximum Gasteiger partial charge on any atom is 0.240 e. The third-order valence-electron chi connectivity index (χ3n) is 3.93. The first-order valence-corrected chi connectivity index (χ1v) is 9.32. The van der Waals surface area contributed by atoms with Crippen molar-refractivity contribution in [2.24, 2.45) is 7.05 Å². The molecule has 138 valence electrons. The molecular formula is C15H22ClN5O3S. The summed E-state index contributed by atoms with van der Waals surface area (Å²) in [5, 5.41) is 7.16. The molecule has 1 saturated heterocycles. The third kappa shape index (κ3) is 5.15. The number of aryl methyl sites for hydroxylation is 1. The predicted molar refractivity (Wildman–Crippen MR) is 95.2 cm³/mol. The average Bonchev–Trinajstić information content (AvgIpc) is 2.99. The molecule has 0 bridgehead atoms.